The number of rotatable bonds is 1. The maximum absolute atomic E-state index is 7.86. The summed E-state index contributed by atoms with van der Waals surface area (Å²) in [6.45, 7) is -13.0. The Kier molecular flexibility index (Phi) is 0.897. The predicted octanol–water partition coefficient (Wildman–Crippen LogP) is 1.08. The first-order valence-corrected chi connectivity index (χ1v) is 3.96. The maximum atomic E-state index is 7.86. The molecule has 4 nitrogen and oxygen atoms in total. The van der Waals surface area contributed by atoms with E-state index >= 15 is 0 Å². The molecule has 0 spiro atoms. The van der Waals surface area contributed by atoms with Crippen molar-refractivity contribution in [3.63, 3.8) is 0 Å². The van der Waals surface area contributed by atoms with Crippen molar-refractivity contribution in [2.75, 3.05) is 31.0 Å². The summed E-state index contributed by atoms with van der Waals surface area (Å²) in [4.78, 5) is 7.00. The fraction of sp³-hybridized carbons (Fsp3) is 0.500. The van der Waals surface area contributed by atoms with Gasteiger partial charge in [0.05, 0.1) is 25.5 Å². The standard InChI is InChI=1S/C8H10BrN3O/c9-7-5-8(11-6-10-7)12-1-3-13-4-2-12/h5-6H,1-4H2/i1D2,2D2,3D2,4D2,5D,6D. The number of hydrogen-bond donors (Lipinski definition) is 0. The molecule has 0 bridgehead atoms. The highest BCUT2D eigenvalue weighted by Crippen LogP contribution is 2.15. The lowest BCUT2D eigenvalue weighted by Crippen LogP contribution is -2.36. The van der Waals surface area contributed by atoms with Crippen LogP contribution in [0.2, 0.25) is 0 Å². The molecule has 0 saturated carbocycles. The summed E-state index contributed by atoms with van der Waals surface area (Å²) in [5.41, 5.74) is 0. The van der Waals surface area contributed by atoms with Crippen molar-refractivity contribution in [1.82, 2.24) is 9.97 Å². The summed E-state index contributed by atoms with van der Waals surface area (Å²) < 4.78 is 81.1. The smallest absolute Gasteiger partial charge is 0.133 e. The molecule has 5 heteroatoms. The normalized spacial score (nSPS) is 44.2. The van der Waals surface area contributed by atoms with Gasteiger partial charge in [0.15, 0.2) is 0 Å². The van der Waals surface area contributed by atoms with E-state index in [1.807, 2.05) is 0 Å². The van der Waals surface area contributed by atoms with Gasteiger partial charge >= 0.3 is 0 Å². The molecule has 0 radical (unpaired) electrons. The van der Waals surface area contributed by atoms with Crippen LogP contribution in [-0.4, -0.2) is 36.1 Å². The average Bonchev–Trinajstić information content (AvgIpc) is 2.31. The predicted molar refractivity (Wildman–Crippen MR) is 52.8 cm³/mol. The molecule has 0 unspecified atom stereocenters. The summed E-state index contributed by atoms with van der Waals surface area (Å²) >= 11 is 2.85. The van der Waals surface area contributed by atoms with E-state index in [2.05, 4.69) is 30.6 Å². The summed E-state index contributed by atoms with van der Waals surface area (Å²) in [6.07, 6.45) is -0.679. The van der Waals surface area contributed by atoms with E-state index in [0.29, 0.717) is 0 Å². The first-order chi connectivity index (χ1) is 10.1. The molecule has 2 heterocycles. The highest BCUT2D eigenvalue weighted by molar-refractivity contribution is 9.10. The minimum absolute atomic E-state index is 0.0380. The molecule has 1 fully saturated rings. The van der Waals surface area contributed by atoms with Crippen LogP contribution in [0.5, 0.6) is 0 Å². The summed E-state index contributed by atoms with van der Waals surface area (Å²) in [5, 5.41) is 0. The first kappa shape index (κ1) is 2.90. The van der Waals surface area contributed by atoms with Crippen LogP contribution in [0.3, 0.4) is 0 Å². The quantitative estimate of drug-likeness (QED) is 0.703. The molecular formula is C8H10BrN3O. The van der Waals surface area contributed by atoms with Gasteiger partial charge in [-0.05, 0) is 15.9 Å². The van der Waals surface area contributed by atoms with Crippen molar-refractivity contribution in [1.29, 1.82) is 0 Å². The van der Waals surface area contributed by atoms with Gasteiger partial charge < -0.3 is 9.64 Å². The second kappa shape index (κ2) is 4.02. The third-order valence-electron chi connectivity index (χ3n) is 1.15. The van der Waals surface area contributed by atoms with E-state index in [4.69, 9.17) is 13.7 Å². The molecule has 70 valence electrons. The number of halogens is 1. The molecule has 0 N–H and O–H groups in total. The topological polar surface area (TPSA) is 38.2 Å². The molecule has 0 aliphatic carbocycles. The van der Waals surface area contributed by atoms with Gasteiger partial charge in [0.2, 0.25) is 0 Å². The fourth-order valence-electron chi connectivity index (χ4n) is 0.667. The highest BCUT2D eigenvalue weighted by Gasteiger charge is 2.12. The Bertz CT molecular complexity index is 627. The Morgan fingerprint density at radius 1 is 1.54 bits per heavy atom. The molecule has 1 aromatic heterocycles. The molecule has 2 rings (SSSR count). The average molecular weight is 254 g/mol. The van der Waals surface area contributed by atoms with Crippen molar-refractivity contribution >= 4 is 21.7 Å². The van der Waals surface area contributed by atoms with Gasteiger partial charge in [-0.2, -0.15) is 0 Å². The lowest BCUT2D eigenvalue weighted by Gasteiger charge is -2.27. The molecule has 1 saturated heterocycles. The summed E-state index contributed by atoms with van der Waals surface area (Å²) in [7, 11) is 0. The van der Waals surface area contributed by atoms with Crippen molar-refractivity contribution in [3.05, 3.63) is 16.9 Å². The van der Waals surface area contributed by atoms with Crippen molar-refractivity contribution < 1.29 is 18.4 Å². The molecule has 1 aromatic rings. The SMILES string of the molecule is [2H]c1nc(Br)c([2H])c(N2C([2H])([2H])C([2H])([2H])OC([2H])([2H])C2([2H])[2H])n1. The molecular weight excluding hydrogens is 234 g/mol. The van der Waals surface area contributed by atoms with Gasteiger partial charge in [-0.3, -0.25) is 0 Å². The van der Waals surface area contributed by atoms with Gasteiger partial charge in [0.25, 0.3) is 0 Å². The lowest BCUT2D eigenvalue weighted by atomic mass is 10.4. The number of anilines is 1. The Morgan fingerprint density at radius 2 is 2.31 bits per heavy atom. The minimum atomic E-state index is -3.26. The number of ether oxygens (including phenoxy) is 1. The van der Waals surface area contributed by atoms with Crippen LogP contribution in [0.4, 0.5) is 5.82 Å². The highest BCUT2D eigenvalue weighted by atomic mass is 79.9. The number of aromatic nitrogens is 2. The van der Waals surface area contributed by atoms with Gasteiger partial charge in [-0.25, -0.2) is 9.97 Å². The number of hydrogen-bond acceptors (Lipinski definition) is 4. The minimum Gasteiger partial charge on any atom is -0.378 e. The number of morpholine rings is 1. The second-order valence-electron chi connectivity index (χ2n) is 1.93. The molecule has 1 aliphatic heterocycles. The molecule has 0 amide bonds. The van der Waals surface area contributed by atoms with Crippen LogP contribution < -0.4 is 4.90 Å². The Balaban J connectivity index is 2.80. The van der Waals surface area contributed by atoms with Crippen molar-refractivity contribution in [3.8, 4) is 0 Å². The van der Waals surface area contributed by atoms with E-state index in [1.54, 1.807) is 0 Å². The zero-order chi connectivity index (χ0) is 18.0. The van der Waals surface area contributed by atoms with Crippen LogP contribution >= 0.6 is 15.9 Å². The largest absolute Gasteiger partial charge is 0.378 e. The fourth-order valence-corrected chi connectivity index (χ4v) is 0.923. The van der Waals surface area contributed by atoms with E-state index in [0.717, 1.165) is 0 Å². The summed E-state index contributed by atoms with van der Waals surface area (Å²) in [5.74, 6) is -0.775. The first-order valence-electron chi connectivity index (χ1n) is 8.16. The Hall–Kier alpha value is -0.680. The van der Waals surface area contributed by atoms with Crippen LogP contribution in [0, 0.1) is 0 Å². The van der Waals surface area contributed by atoms with Crippen LogP contribution in [0.1, 0.15) is 13.7 Å². The van der Waals surface area contributed by atoms with Gasteiger partial charge in [-0.15, -0.1) is 0 Å². The molecule has 13 heavy (non-hydrogen) atoms. The monoisotopic (exact) mass is 253 g/mol. The van der Waals surface area contributed by atoms with E-state index < -0.39 is 44.3 Å². The zero-order valence-electron chi connectivity index (χ0n) is 16.1. The van der Waals surface area contributed by atoms with Crippen molar-refractivity contribution in [2.45, 2.75) is 0 Å². The zero-order valence-corrected chi connectivity index (χ0v) is 7.71. The molecule has 0 aromatic carbocycles. The molecule has 1 aliphatic rings. The Morgan fingerprint density at radius 3 is 3.08 bits per heavy atom. The van der Waals surface area contributed by atoms with Gasteiger partial charge in [0.1, 0.15) is 18.1 Å². The van der Waals surface area contributed by atoms with E-state index in [-0.39, 0.29) is 9.50 Å². The van der Waals surface area contributed by atoms with Crippen LogP contribution in [-0.2, 0) is 4.74 Å². The van der Waals surface area contributed by atoms with E-state index in [9.17, 15) is 0 Å². The Labute approximate surface area is 99.1 Å². The van der Waals surface area contributed by atoms with Crippen molar-refractivity contribution in [2.24, 2.45) is 0 Å². The second-order valence-corrected chi connectivity index (χ2v) is 2.68. The maximum Gasteiger partial charge on any atom is 0.133 e. The molecule has 0 atom stereocenters. The number of nitrogens with zero attached hydrogens (tertiary/aromatic N) is 3. The van der Waals surface area contributed by atoms with E-state index in [1.165, 1.54) is 0 Å². The third kappa shape index (κ3) is 2.16. The summed E-state index contributed by atoms with van der Waals surface area (Å²) in [6, 6.07) is -0.623. The van der Waals surface area contributed by atoms with Gasteiger partial charge in [0, 0.05) is 19.0 Å². The van der Waals surface area contributed by atoms with Crippen LogP contribution in [0.25, 0.3) is 0 Å². The van der Waals surface area contributed by atoms with Crippen LogP contribution in [0.15, 0.2) is 16.9 Å². The lowest BCUT2D eigenvalue weighted by molar-refractivity contribution is 0.122. The van der Waals surface area contributed by atoms with Gasteiger partial charge in [-0.1, -0.05) is 0 Å². The third-order valence-corrected chi connectivity index (χ3v) is 1.52.